The van der Waals surface area contributed by atoms with E-state index in [2.05, 4.69) is 11.5 Å². The van der Waals surface area contributed by atoms with Gasteiger partial charge >= 0.3 is 5.97 Å². The molecule has 0 aliphatic rings. The standard InChI is InChI=1S/C30H38ClNO4/c1-3-4-11-21(19-29(35)36)18-28(34)30-24-20-23(31)16-17-25(24)32(2)26(30)14-8-6-5-7-12-22-13-9-10-15-27(22)33/h9-10,13,15-17,20-21,33H,3-8,11-12,14,18-19H2,1-2H3,(H,35,36). The number of fused-ring (bicyclic) bond motifs is 1. The lowest BCUT2D eigenvalue weighted by molar-refractivity contribution is -0.138. The molecule has 1 aromatic heterocycles. The normalized spacial score (nSPS) is 12.2. The fourth-order valence-corrected chi connectivity index (χ4v) is 5.31. The molecule has 36 heavy (non-hydrogen) atoms. The first-order valence-corrected chi connectivity index (χ1v) is 13.5. The number of rotatable bonds is 15. The Morgan fingerprint density at radius 3 is 2.39 bits per heavy atom. The third-order valence-corrected chi connectivity index (χ3v) is 7.30. The highest BCUT2D eigenvalue weighted by molar-refractivity contribution is 6.31. The lowest BCUT2D eigenvalue weighted by atomic mass is 9.89. The summed E-state index contributed by atoms with van der Waals surface area (Å²) >= 11 is 6.31. The molecule has 0 aliphatic heterocycles. The molecule has 0 bridgehead atoms. The number of aliphatic carboxylic acids is 1. The summed E-state index contributed by atoms with van der Waals surface area (Å²) in [5.41, 5.74) is 3.66. The van der Waals surface area contributed by atoms with Crippen molar-refractivity contribution in [2.24, 2.45) is 13.0 Å². The van der Waals surface area contributed by atoms with Gasteiger partial charge in [0.2, 0.25) is 0 Å². The fourth-order valence-electron chi connectivity index (χ4n) is 5.14. The molecule has 194 valence electrons. The summed E-state index contributed by atoms with van der Waals surface area (Å²) in [7, 11) is 1.99. The summed E-state index contributed by atoms with van der Waals surface area (Å²) in [6, 6.07) is 13.1. The Balaban J connectivity index is 1.72. The third-order valence-electron chi connectivity index (χ3n) is 7.07. The van der Waals surface area contributed by atoms with E-state index in [0.717, 1.165) is 79.9 Å². The minimum atomic E-state index is -0.853. The highest BCUT2D eigenvalue weighted by Gasteiger charge is 2.24. The predicted octanol–water partition coefficient (Wildman–Crippen LogP) is 7.74. The average molecular weight is 512 g/mol. The van der Waals surface area contributed by atoms with E-state index >= 15 is 0 Å². The number of phenols is 1. The van der Waals surface area contributed by atoms with Crippen LogP contribution in [0, 0.1) is 5.92 Å². The number of carbonyl (C=O) groups excluding carboxylic acids is 1. The summed E-state index contributed by atoms with van der Waals surface area (Å²) in [4.78, 5) is 25.0. The van der Waals surface area contributed by atoms with Crippen molar-refractivity contribution in [1.82, 2.24) is 4.57 Å². The number of ketones is 1. The number of phenolic OH excluding ortho intramolecular Hbond substituents is 1. The second-order valence-electron chi connectivity index (χ2n) is 9.82. The van der Waals surface area contributed by atoms with Gasteiger partial charge in [0.05, 0.1) is 0 Å². The van der Waals surface area contributed by atoms with Gasteiger partial charge < -0.3 is 14.8 Å². The van der Waals surface area contributed by atoms with Crippen LogP contribution in [0.1, 0.15) is 86.3 Å². The van der Waals surface area contributed by atoms with Crippen molar-refractivity contribution in [2.45, 2.75) is 77.6 Å². The number of unbranched alkanes of at least 4 members (excludes halogenated alkanes) is 4. The van der Waals surface area contributed by atoms with Crippen molar-refractivity contribution in [3.8, 4) is 5.75 Å². The van der Waals surface area contributed by atoms with Crippen LogP contribution in [0.4, 0.5) is 0 Å². The van der Waals surface area contributed by atoms with Crippen molar-refractivity contribution in [3.05, 3.63) is 64.3 Å². The maximum atomic E-state index is 13.6. The molecule has 0 aliphatic carbocycles. The second-order valence-corrected chi connectivity index (χ2v) is 10.3. The van der Waals surface area contributed by atoms with Crippen LogP contribution in [0.5, 0.6) is 5.75 Å². The molecular weight excluding hydrogens is 474 g/mol. The lowest BCUT2D eigenvalue weighted by Crippen LogP contribution is -2.15. The zero-order valence-corrected chi connectivity index (χ0v) is 22.2. The van der Waals surface area contributed by atoms with Crippen molar-refractivity contribution >= 4 is 34.3 Å². The number of hydrogen-bond acceptors (Lipinski definition) is 3. The summed E-state index contributed by atoms with van der Waals surface area (Å²) in [5.74, 6) is -0.643. The smallest absolute Gasteiger partial charge is 0.303 e. The number of aryl methyl sites for hydroxylation is 2. The minimum Gasteiger partial charge on any atom is -0.508 e. The molecule has 0 fully saturated rings. The fraction of sp³-hybridized carbons (Fsp3) is 0.467. The SMILES string of the molecule is CCCCC(CC(=O)O)CC(=O)c1c(CCCCCCc2ccccc2O)n(C)c2ccc(Cl)cc12. The van der Waals surface area contributed by atoms with E-state index in [1.165, 1.54) is 0 Å². The summed E-state index contributed by atoms with van der Waals surface area (Å²) < 4.78 is 2.10. The van der Waals surface area contributed by atoms with Crippen LogP contribution >= 0.6 is 11.6 Å². The predicted molar refractivity (Wildman–Crippen MR) is 146 cm³/mol. The van der Waals surface area contributed by atoms with Crippen molar-refractivity contribution in [3.63, 3.8) is 0 Å². The zero-order valence-electron chi connectivity index (χ0n) is 21.4. The Morgan fingerprint density at radius 2 is 1.69 bits per heavy atom. The molecule has 1 unspecified atom stereocenters. The maximum Gasteiger partial charge on any atom is 0.303 e. The Bertz CT molecular complexity index is 1180. The summed E-state index contributed by atoms with van der Waals surface area (Å²) in [6.45, 7) is 2.08. The molecule has 6 heteroatoms. The van der Waals surface area contributed by atoms with E-state index in [1.54, 1.807) is 6.07 Å². The molecule has 2 aromatic carbocycles. The van der Waals surface area contributed by atoms with Crippen molar-refractivity contribution < 1.29 is 19.8 Å². The number of para-hydroxylation sites is 1. The van der Waals surface area contributed by atoms with Gasteiger partial charge in [-0.1, -0.05) is 62.4 Å². The monoisotopic (exact) mass is 511 g/mol. The van der Waals surface area contributed by atoms with Crippen molar-refractivity contribution in [1.29, 1.82) is 0 Å². The Kier molecular flexibility index (Phi) is 10.4. The van der Waals surface area contributed by atoms with E-state index in [-0.39, 0.29) is 24.5 Å². The van der Waals surface area contributed by atoms with Crippen LogP contribution < -0.4 is 0 Å². The number of aromatic hydroxyl groups is 1. The molecular formula is C30H38ClNO4. The quantitative estimate of drug-likeness (QED) is 0.161. The van der Waals surface area contributed by atoms with Gasteiger partial charge in [0, 0.05) is 47.1 Å². The van der Waals surface area contributed by atoms with Crippen LogP contribution in [0.15, 0.2) is 42.5 Å². The topological polar surface area (TPSA) is 79.5 Å². The Hall–Kier alpha value is -2.79. The van der Waals surface area contributed by atoms with Crippen LogP contribution in [0.3, 0.4) is 0 Å². The number of aromatic nitrogens is 1. The molecule has 0 saturated carbocycles. The molecule has 3 aromatic rings. The molecule has 1 heterocycles. The second kappa shape index (κ2) is 13.5. The highest BCUT2D eigenvalue weighted by atomic mass is 35.5. The number of nitrogens with zero attached hydrogens (tertiary/aromatic N) is 1. The third kappa shape index (κ3) is 7.36. The highest BCUT2D eigenvalue weighted by Crippen LogP contribution is 2.32. The maximum absolute atomic E-state index is 13.6. The van der Waals surface area contributed by atoms with Crippen LogP contribution in [0.2, 0.25) is 5.02 Å². The minimum absolute atomic E-state index is 0.0137. The van der Waals surface area contributed by atoms with E-state index < -0.39 is 5.97 Å². The van der Waals surface area contributed by atoms with Gasteiger partial charge in [-0.15, -0.1) is 0 Å². The van der Waals surface area contributed by atoms with Gasteiger partial charge in [-0.05, 0) is 67.9 Å². The number of Topliss-reactive ketones (excluding diaryl/α,β-unsaturated/α-hetero) is 1. The lowest BCUT2D eigenvalue weighted by Gasteiger charge is -2.14. The Labute approximate surface area is 219 Å². The number of benzene rings is 2. The average Bonchev–Trinajstić information content (AvgIpc) is 3.11. The summed E-state index contributed by atoms with van der Waals surface area (Å²) in [6.07, 6.45) is 8.55. The number of carboxylic acids is 1. The molecule has 3 rings (SSSR count). The van der Waals surface area contributed by atoms with Gasteiger partial charge in [-0.3, -0.25) is 9.59 Å². The number of halogens is 1. The van der Waals surface area contributed by atoms with E-state index in [0.29, 0.717) is 16.3 Å². The molecule has 0 saturated heterocycles. The Morgan fingerprint density at radius 1 is 0.972 bits per heavy atom. The van der Waals surface area contributed by atoms with Crippen LogP contribution in [-0.2, 0) is 24.7 Å². The molecule has 0 radical (unpaired) electrons. The van der Waals surface area contributed by atoms with E-state index in [1.807, 2.05) is 43.4 Å². The first kappa shape index (κ1) is 27.8. The first-order valence-electron chi connectivity index (χ1n) is 13.1. The molecule has 1 atom stereocenters. The van der Waals surface area contributed by atoms with Gasteiger partial charge in [-0.2, -0.15) is 0 Å². The molecule has 5 nitrogen and oxygen atoms in total. The molecule has 2 N–H and O–H groups in total. The van der Waals surface area contributed by atoms with Gasteiger partial charge in [0.25, 0.3) is 0 Å². The number of carbonyl (C=O) groups is 2. The number of hydrogen-bond donors (Lipinski definition) is 2. The largest absolute Gasteiger partial charge is 0.508 e. The van der Waals surface area contributed by atoms with Gasteiger partial charge in [0.1, 0.15) is 5.75 Å². The molecule has 0 spiro atoms. The number of carboxylic acid groups (broad SMARTS) is 1. The van der Waals surface area contributed by atoms with Gasteiger partial charge in [0.15, 0.2) is 5.78 Å². The van der Waals surface area contributed by atoms with Crippen LogP contribution in [-0.4, -0.2) is 26.5 Å². The van der Waals surface area contributed by atoms with Crippen LogP contribution in [0.25, 0.3) is 10.9 Å². The first-order chi connectivity index (χ1) is 17.3. The van der Waals surface area contributed by atoms with E-state index in [9.17, 15) is 19.8 Å². The van der Waals surface area contributed by atoms with Gasteiger partial charge in [-0.25, -0.2) is 0 Å². The summed E-state index contributed by atoms with van der Waals surface area (Å²) in [5, 5.41) is 20.8. The molecule has 0 amide bonds. The zero-order chi connectivity index (χ0) is 26.1. The van der Waals surface area contributed by atoms with E-state index in [4.69, 9.17) is 11.6 Å². The van der Waals surface area contributed by atoms with Crippen molar-refractivity contribution in [2.75, 3.05) is 0 Å².